The van der Waals surface area contributed by atoms with Crippen molar-refractivity contribution in [3.63, 3.8) is 0 Å². The molecule has 8 heavy (non-hydrogen) atoms. The average molecular weight is 117 g/mol. The van der Waals surface area contributed by atoms with E-state index in [9.17, 15) is 0 Å². The number of hydrogen-bond donors (Lipinski definition) is 2. The topological polar surface area (TPSA) is 55.5 Å². The molecule has 0 saturated carbocycles. The summed E-state index contributed by atoms with van der Waals surface area (Å²) in [5.41, 5.74) is 5.44. The number of hydrogen-bond acceptors (Lipinski definition) is 3. The summed E-state index contributed by atoms with van der Waals surface area (Å²) in [4.78, 5) is 0. The van der Waals surface area contributed by atoms with Gasteiger partial charge in [-0.05, 0) is 13.3 Å². The molecule has 0 radical (unpaired) electrons. The lowest BCUT2D eigenvalue weighted by molar-refractivity contribution is -0.162. The highest BCUT2D eigenvalue weighted by atomic mass is 16.6. The van der Waals surface area contributed by atoms with Crippen LogP contribution < -0.4 is 5.73 Å². The van der Waals surface area contributed by atoms with Crippen molar-refractivity contribution in [3.8, 4) is 0 Å². The van der Waals surface area contributed by atoms with Crippen molar-refractivity contribution in [2.24, 2.45) is 5.73 Å². The number of nitrogens with two attached hydrogens (primary N) is 1. The molecule has 0 aromatic rings. The fourth-order valence-corrected chi connectivity index (χ4v) is 0.767. The van der Waals surface area contributed by atoms with Crippen LogP contribution in [-0.2, 0) is 4.74 Å². The summed E-state index contributed by atoms with van der Waals surface area (Å²) in [6.07, 6.45) is 0.757. The molecule has 0 aromatic heterocycles. The maximum atomic E-state index is 9.12. The molecule has 0 aromatic carbocycles. The lowest BCUT2D eigenvalue weighted by Crippen LogP contribution is -2.41. The molecule has 48 valence electrons. The predicted molar refractivity (Wildman–Crippen MR) is 29.2 cm³/mol. The van der Waals surface area contributed by atoms with Crippen LogP contribution in [0.3, 0.4) is 0 Å². The summed E-state index contributed by atoms with van der Waals surface area (Å²) in [7, 11) is 0. The van der Waals surface area contributed by atoms with Crippen LogP contribution in [0, 0.1) is 0 Å². The van der Waals surface area contributed by atoms with E-state index in [0.29, 0.717) is 6.61 Å². The minimum atomic E-state index is -1.07. The fourth-order valence-electron chi connectivity index (χ4n) is 0.767. The molecule has 0 amide bonds. The molecule has 3 nitrogen and oxygen atoms in total. The Balaban J connectivity index is 2.54. The van der Waals surface area contributed by atoms with Gasteiger partial charge in [0.1, 0.15) is 0 Å². The molecule has 1 rings (SSSR count). The Kier molecular flexibility index (Phi) is 1.27. The maximum absolute atomic E-state index is 9.12. The predicted octanol–water partition coefficient (Wildman–Crippen LogP) is -0.558. The molecule has 1 aliphatic rings. The fraction of sp³-hybridized carbons (Fsp3) is 1.00. The van der Waals surface area contributed by atoms with Gasteiger partial charge in [0, 0.05) is 0 Å². The Labute approximate surface area is 48.4 Å². The van der Waals surface area contributed by atoms with Gasteiger partial charge in [-0.2, -0.15) is 0 Å². The Bertz CT molecular complexity index is 92.4. The Morgan fingerprint density at radius 2 is 2.50 bits per heavy atom. The monoisotopic (exact) mass is 117 g/mol. The van der Waals surface area contributed by atoms with Gasteiger partial charge in [0.05, 0.1) is 12.6 Å². The maximum Gasteiger partial charge on any atom is 0.177 e. The highest BCUT2D eigenvalue weighted by molar-refractivity contribution is 4.81. The second-order valence-corrected chi connectivity index (χ2v) is 2.30. The van der Waals surface area contributed by atoms with Gasteiger partial charge in [-0.3, -0.25) is 0 Å². The van der Waals surface area contributed by atoms with Gasteiger partial charge in [0.15, 0.2) is 5.79 Å². The summed E-state index contributed by atoms with van der Waals surface area (Å²) in [6.45, 7) is 2.17. The zero-order valence-electron chi connectivity index (χ0n) is 4.92. The van der Waals surface area contributed by atoms with Crippen LogP contribution in [-0.4, -0.2) is 23.5 Å². The van der Waals surface area contributed by atoms with Gasteiger partial charge in [-0.15, -0.1) is 0 Å². The average Bonchev–Trinajstić information content (AvgIpc) is 1.86. The highest BCUT2D eigenvalue weighted by Gasteiger charge is 2.34. The van der Waals surface area contributed by atoms with Crippen molar-refractivity contribution in [2.45, 2.75) is 25.2 Å². The van der Waals surface area contributed by atoms with Crippen LogP contribution in [0.1, 0.15) is 13.3 Å². The van der Waals surface area contributed by atoms with Crippen LogP contribution in [0.15, 0.2) is 0 Å². The molecule has 1 fully saturated rings. The first-order valence-corrected chi connectivity index (χ1v) is 2.75. The normalized spacial score (nSPS) is 47.6. The van der Waals surface area contributed by atoms with Crippen LogP contribution in [0.5, 0.6) is 0 Å². The van der Waals surface area contributed by atoms with Crippen molar-refractivity contribution in [1.29, 1.82) is 0 Å². The van der Waals surface area contributed by atoms with Gasteiger partial charge < -0.3 is 15.6 Å². The van der Waals surface area contributed by atoms with Crippen molar-refractivity contribution in [1.82, 2.24) is 0 Å². The number of rotatable bonds is 0. The zero-order valence-corrected chi connectivity index (χ0v) is 4.92. The second kappa shape index (κ2) is 1.69. The van der Waals surface area contributed by atoms with Gasteiger partial charge in [-0.1, -0.05) is 0 Å². The first-order valence-electron chi connectivity index (χ1n) is 2.75. The lowest BCUT2D eigenvalue weighted by atomic mass is 10.1. The van der Waals surface area contributed by atoms with E-state index in [0.717, 1.165) is 6.42 Å². The van der Waals surface area contributed by atoms with Crippen LogP contribution in [0.25, 0.3) is 0 Å². The van der Waals surface area contributed by atoms with Crippen molar-refractivity contribution < 1.29 is 9.84 Å². The van der Waals surface area contributed by atoms with Crippen molar-refractivity contribution >= 4 is 0 Å². The quantitative estimate of drug-likeness (QED) is 0.447. The van der Waals surface area contributed by atoms with Gasteiger partial charge in [0.25, 0.3) is 0 Å². The van der Waals surface area contributed by atoms with E-state index in [1.54, 1.807) is 6.92 Å². The third kappa shape index (κ3) is 0.844. The smallest absolute Gasteiger partial charge is 0.177 e. The largest absolute Gasteiger partial charge is 0.364 e. The SMILES string of the molecule is CC1(O)OCCC1N. The van der Waals surface area contributed by atoms with E-state index in [4.69, 9.17) is 15.6 Å². The molecule has 1 aliphatic heterocycles. The van der Waals surface area contributed by atoms with E-state index in [1.165, 1.54) is 0 Å². The van der Waals surface area contributed by atoms with E-state index in [1.807, 2.05) is 0 Å². The van der Waals surface area contributed by atoms with E-state index >= 15 is 0 Å². The summed E-state index contributed by atoms with van der Waals surface area (Å²) in [5.74, 6) is -1.07. The minimum Gasteiger partial charge on any atom is -0.364 e. The first-order chi connectivity index (χ1) is 3.63. The van der Waals surface area contributed by atoms with Gasteiger partial charge in [0.2, 0.25) is 0 Å². The molecule has 2 unspecified atom stereocenters. The zero-order chi connectivity index (χ0) is 6.20. The van der Waals surface area contributed by atoms with Crippen LogP contribution in [0.2, 0.25) is 0 Å². The van der Waals surface area contributed by atoms with Crippen molar-refractivity contribution in [3.05, 3.63) is 0 Å². The Hall–Kier alpha value is -0.120. The summed E-state index contributed by atoms with van der Waals surface area (Å²) in [6, 6.07) is -0.206. The molecule has 0 spiro atoms. The molecule has 1 heterocycles. The molecule has 0 bridgehead atoms. The molecule has 2 atom stereocenters. The lowest BCUT2D eigenvalue weighted by Gasteiger charge is -2.19. The molecule has 3 heteroatoms. The van der Waals surface area contributed by atoms with E-state index < -0.39 is 5.79 Å². The molecular formula is C5H11NO2. The molecule has 0 aliphatic carbocycles. The second-order valence-electron chi connectivity index (χ2n) is 2.30. The third-order valence-corrected chi connectivity index (χ3v) is 1.51. The minimum absolute atomic E-state index is 0.206. The highest BCUT2D eigenvalue weighted by Crippen LogP contribution is 2.19. The molecule has 3 N–H and O–H groups in total. The standard InChI is InChI=1S/C5H11NO2/c1-5(7)4(6)2-3-8-5/h4,7H,2-3,6H2,1H3. The third-order valence-electron chi connectivity index (χ3n) is 1.51. The number of aliphatic hydroxyl groups is 1. The molecular weight excluding hydrogens is 106 g/mol. The Morgan fingerprint density at radius 1 is 1.88 bits per heavy atom. The first kappa shape index (κ1) is 6.01. The molecule has 1 saturated heterocycles. The van der Waals surface area contributed by atoms with Crippen LogP contribution in [0.4, 0.5) is 0 Å². The van der Waals surface area contributed by atoms with Crippen molar-refractivity contribution in [2.75, 3.05) is 6.61 Å². The van der Waals surface area contributed by atoms with Gasteiger partial charge in [-0.25, -0.2) is 0 Å². The Morgan fingerprint density at radius 3 is 2.62 bits per heavy atom. The van der Waals surface area contributed by atoms with E-state index in [-0.39, 0.29) is 6.04 Å². The summed E-state index contributed by atoms with van der Waals surface area (Å²) < 4.78 is 4.88. The van der Waals surface area contributed by atoms with Crippen LogP contribution >= 0.6 is 0 Å². The van der Waals surface area contributed by atoms with Gasteiger partial charge >= 0.3 is 0 Å². The van der Waals surface area contributed by atoms with E-state index in [2.05, 4.69) is 0 Å². The number of ether oxygens (including phenoxy) is 1. The summed E-state index contributed by atoms with van der Waals surface area (Å²) >= 11 is 0. The summed E-state index contributed by atoms with van der Waals surface area (Å²) in [5, 5.41) is 9.12.